The lowest BCUT2D eigenvalue weighted by atomic mass is 10.1. The van der Waals surface area contributed by atoms with Crippen molar-refractivity contribution in [1.29, 1.82) is 0 Å². The molecule has 0 atom stereocenters. The molecule has 110 valence electrons. The minimum absolute atomic E-state index is 0.178. The van der Waals surface area contributed by atoms with E-state index in [0.717, 1.165) is 10.0 Å². The highest BCUT2D eigenvalue weighted by atomic mass is 79.9. The third-order valence-electron chi connectivity index (χ3n) is 2.99. The standard InChI is InChI=1S/C16H12BrN3O2/c1-10-18-15(20-22-10)11-4-3-7-14(9-11)19-16(21)12-5-2-6-13(17)8-12/h2-9H,1H3,(H,19,21). The molecule has 2 aromatic carbocycles. The molecule has 1 amide bonds. The van der Waals surface area contributed by atoms with Crippen molar-refractivity contribution in [1.82, 2.24) is 10.1 Å². The Labute approximate surface area is 135 Å². The summed E-state index contributed by atoms with van der Waals surface area (Å²) in [4.78, 5) is 16.4. The van der Waals surface area contributed by atoms with Crippen molar-refractivity contribution in [3.8, 4) is 11.4 Å². The van der Waals surface area contributed by atoms with Gasteiger partial charge in [-0.05, 0) is 30.3 Å². The van der Waals surface area contributed by atoms with Gasteiger partial charge in [0, 0.05) is 28.2 Å². The maximum atomic E-state index is 12.2. The molecule has 0 spiro atoms. The van der Waals surface area contributed by atoms with Gasteiger partial charge in [0.15, 0.2) is 0 Å². The zero-order chi connectivity index (χ0) is 15.5. The van der Waals surface area contributed by atoms with E-state index in [1.54, 1.807) is 25.1 Å². The molecule has 3 aromatic rings. The Morgan fingerprint density at radius 3 is 2.73 bits per heavy atom. The number of amides is 1. The molecule has 1 N–H and O–H groups in total. The molecule has 0 aliphatic rings. The van der Waals surface area contributed by atoms with E-state index in [2.05, 4.69) is 31.4 Å². The molecule has 0 aliphatic heterocycles. The zero-order valence-corrected chi connectivity index (χ0v) is 13.3. The van der Waals surface area contributed by atoms with Gasteiger partial charge in [-0.1, -0.05) is 39.3 Å². The van der Waals surface area contributed by atoms with Crippen LogP contribution in [0.1, 0.15) is 16.2 Å². The van der Waals surface area contributed by atoms with Crippen LogP contribution in [-0.2, 0) is 0 Å². The number of nitrogens with zero attached hydrogens (tertiary/aromatic N) is 2. The summed E-state index contributed by atoms with van der Waals surface area (Å²) in [6.07, 6.45) is 0. The average Bonchev–Trinajstić information content (AvgIpc) is 2.94. The summed E-state index contributed by atoms with van der Waals surface area (Å²) in [5.74, 6) is 0.817. The van der Waals surface area contributed by atoms with Crippen LogP contribution in [0.15, 0.2) is 57.5 Å². The van der Waals surface area contributed by atoms with E-state index in [4.69, 9.17) is 4.52 Å². The van der Waals surface area contributed by atoms with Gasteiger partial charge in [-0.15, -0.1) is 0 Å². The molecule has 0 fully saturated rings. The molecule has 1 heterocycles. The third kappa shape index (κ3) is 3.23. The number of aromatic nitrogens is 2. The summed E-state index contributed by atoms with van der Waals surface area (Å²) in [6, 6.07) is 14.5. The molecule has 0 saturated carbocycles. The minimum atomic E-state index is -0.178. The van der Waals surface area contributed by atoms with Gasteiger partial charge in [0.25, 0.3) is 5.91 Å². The van der Waals surface area contributed by atoms with Crippen molar-refractivity contribution in [3.05, 3.63) is 64.5 Å². The molecule has 1 aromatic heterocycles. The van der Waals surface area contributed by atoms with Crippen molar-refractivity contribution < 1.29 is 9.32 Å². The normalized spacial score (nSPS) is 10.5. The summed E-state index contributed by atoms with van der Waals surface area (Å²) >= 11 is 3.35. The number of hydrogen-bond donors (Lipinski definition) is 1. The van der Waals surface area contributed by atoms with Gasteiger partial charge in [-0.25, -0.2) is 0 Å². The Morgan fingerprint density at radius 1 is 1.18 bits per heavy atom. The summed E-state index contributed by atoms with van der Waals surface area (Å²) in [7, 11) is 0. The molecule has 0 radical (unpaired) electrons. The second-order valence-corrected chi connectivity index (χ2v) is 5.60. The van der Waals surface area contributed by atoms with E-state index in [9.17, 15) is 4.79 Å². The van der Waals surface area contributed by atoms with Crippen LogP contribution in [-0.4, -0.2) is 16.0 Å². The maximum absolute atomic E-state index is 12.2. The van der Waals surface area contributed by atoms with Gasteiger partial charge in [-0.3, -0.25) is 4.79 Å². The SMILES string of the molecule is Cc1nc(-c2cccc(NC(=O)c3cccc(Br)c3)c2)no1. The first-order chi connectivity index (χ1) is 10.6. The third-order valence-corrected chi connectivity index (χ3v) is 3.49. The maximum Gasteiger partial charge on any atom is 0.255 e. The molecule has 0 saturated heterocycles. The van der Waals surface area contributed by atoms with Crippen LogP contribution in [0.25, 0.3) is 11.4 Å². The molecule has 0 bridgehead atoms. The highest BCUT2D eigenvalue weighted by Crippen LogP contribution is 2.21. The fourth-order valence-electron chi connectivity index (χ4n) is 1.99. The largest absolute Gasteiger partial charge is 0.339 e. The zero-order valence-electron chi connectivity index (χ0n) is 11.7. The van der Waals surface area contributed by atoms with Crippen LogP contribution in [0.3, 0.4) is 0 Å². The van der Waals surface area contributed by atoms with E-state index in [0.29, 0.717) is 23.0 Å². The summed E-state index contributed by atoms with van der Waals surface area (Å²) in [5, 5.41) is 6.73. The Kier molecular flexibility index (Phi) is 4.02. The monoisotopic (exact) mass is 357 g/mol. The molecular formula is C16H12BrN3O2. The number of nitrogens with one attached hydrogen (secondary N) is 1. The topological polar surface area (TPSA) is 68.0 Å². The van der Waals surface area contributed by atoms with Crippen LogP contribution in [0, 0.1) is 6.92 Å². The molecule has 3 rings (SSSR count). The van der Waals surface area contributed by atoms with Gasteiger partial charge in [-0.2, -0.15) is 4.98 Å². The van der Waals surface area contributed by atoms with Crippen molar-refractivity contribution >= 4 is 27.5 Å². The molecular weight excluding hydrogens is 346 g/mol. The number of halogens is 1. The van der Waals surface area contributed by atoms with E-state index < -0.39 is 0 Å². The molecule has 0 unspecified atom stereocenters. The lowest BCUT2D eigenvalue weighted by Crippen LogP contribution is -2.11. The first-order valence-corrected chi connectivity index (χ1v) is 7.39. The number of aryl methyl sites for hydroxylation is 1. The first kappa shape index (κ1) is 14.5. The lowest BCUT2D eigenvalue weighted by molar-refractivity contribution is 0.102. The number of anilines is 1. The Morgan fingerprint density at radius 2 is 2.00 bits per heavy atom. The van der Waals surface area contributed by atoms with Gasteiger partial charge in [0.2, 0.25) is 11.7 Å². The Hall–Kier alpha value is -2.47. The fraction of sp³-hybridized carbons (Fsp3) is 0.0625. The van der Waals surface area contributed by atoms with E-state index >= 15 is 0 Å². The first-order valence-electron chi connectivity index (χ1n) is 6.59. The van der Waals surface area contributed by atoms with Crippen LogP contribution >= 0.6 is 15.9 Å². The van der Waals surface area contributed by atoms with Crippen LogP contribution in [0.2, 0.25) is 0 Å². The van der Waals surface area contributed by atoms with Gasteiger partial charge in [0.05, 0.1) is 0 Å². The highest BCUT2D eigenvalue weighted by molar-refractivity contribution is 9.10. The van der Waals surface area contributed by atoms with Crippen LogP contribution < -0.4 is 5.32 Å². The van der Waals surface area contributed by atoms with Crippen molar-refractivity contribution in [3.63, 3.8) is 0 Å². The molecule has 22 heavy (non-hydrogen) atoms. The van der Waals surface area contributed by atoms with Crippen LogP contribution in [0.4, 0.5) is 5.69 Å². The van der Waals surface area contributed by atoms with Crippen molar-refractivity contribution in [2.45, 2.75) is 6.92 Å². The second kappa shape index (κ2) is 6.11. The quantitative estimate of drug-likeness (QED) is 0.767. The van der Waals surface area contributed by atoms with Gasteiger partial charge >= 0.3 is 0 Å². The number of hydrogen-bond acceptors (Lipinski definition) is 4. The average molecular weight is 358 g/mol. The van der Waals surface area contributed by atoms with Gasteiger partial charge < -0.3 is 9.84 Å². The predicted octanol–water partition coefficient (Wildman–Crippen LogP) is 4.06. The Balaban J connectivity index is 1.82. The van der Waals surface area contributed by atoms with Crippen molar-refractivity contribution in [2.75, 3.05) is 5.32 Å². The highest BCUT2D eigenvalue weighted by Gasteiger charge is 2.09. The smallest absolute Gasteiger partial charge is 0.255 e. The van der Waals surface area contributed by atoms with Crippen LogP contribution in [0.5, 0.6) is 0 Å². The second-order valence-electron chi connectivity index (χ2n) is 4.68. The Bertz CT molecular complexity index is 830. The van der Waals surface area contributed by atoms with E-state index in [-0.39, 0.29) is 5.91 Å². The minimum Gasteiger partial charge on any atom is -0.339 e. The van der Waals surface area contributed by atoms with E-state index in [1.165, 1.54) is 0 Å². The molecule has 6 heteroatoms. The number of carbonyl (C=O) groups excluding carboxylic acids is 1. The summed E-state index contributed by atoms with van der Waals surface area (Å²) < 4.78 is 5.83. The van der Waals surface area contributed by atoms with Gasteiger partial charge in [0.1, 0.15) is 0 Å². The summed E-state index contributed by atoms with van der Waals surface area (Å²) in [5.41, 5.74) is 2.03. The fourth-order valence-corrected chi connectivity index (χ4v) is 2.38. The molecule has 0 aliphatic carbocycles. The number of carbonyl (C=O) groups is 1. The van der Waals surface area contributed by atoms with Crippen molar-refractivity contribution in [2.24, 2.45) is 0 Å². The number of rotatable bonds is 3. The predicted molar refractivity (Wildman–Crippen MR) is 86.6 cm³/mol. The summed E-state index contributed by atoms with van der Waals surface area (Å²) in [6.45, 7) is 1.73. The van der Waals surface area contributed by atoms with E-state index in [1.807, 2.05) is 30.3 Å². The number of benzene rings is 2. The molecule has 5 nitrogen and oxygen atoms in total. The lowest BCUT2D eigenvalue weighted by Gasteiger charge is -2.06.